The lowest BCUT2D eigenvalue weighted by Gasteiger charge is -2.26. The normalized spacial score (nSPS) is 14.8. The van der Waals surface area contributed by atoms with E-state index in [0.29, 0.717) is 12.7 Å². The van der Waals surface area contributed by atoms with E-state index in [9.17, 15) is 30.7 Å². The lowest BCUT2D eigenvalue weighted by molar-refractivity contribution is -0.240. The van der Waals surface area contributed by atoms with Gasteiger partial charge < -0.3 is 0 Å². The molecule has 1 unspecified atom stereocenters. The van der Waals surface area contributed by atoms with Crippen LogP contribution in [-0.2, 0) is 0 Å². The Morgan fingerprint density at radius 3 is 2.00 bits per heavy atom. The van der Waals surface area contributed by atoms with Crippen LogP contribution in [0.25, 0.3) is 0 Å². The molecule has 1 aromatic carbocycles. The van der Waals surface area contributed by atoms with Crippen molar-refractivity contribution in [2.75, 3.05) is 6.66 Å². The second-order valence-corrected chi connectivity index (χ2v) is 5.33. The summed E-state index contributed by atoms with van der Waals surface area (Å²) < 4.78 is 87.9. The Bertz CT molecular complexity index is 412. The Balaban J connectivity index is 3.22. The fourth-order valence-electron chi connectivity index (χ4n) is 1.09. The molecule has 17 heavy (non-hydrogen) atoms. The van der Waals surface area contributed by atoms with Crippen LogP contribution in [0.3, 0.4) is 0 Å². The second-order valence-electron chi connectivity index (χ2n) is 3.17. The number of hydrogen-bond acceptors (Lipinski definition) is 0. The highest BCUT2D eigenvalue weighted by atomic mass is 31.1. The van der Waals surface area contributed by atoms with E-state index in [1.54, 1.807) is 0 Å². The van der Waals surface area contributed by atoms with Crippen molar-refractivity contribution in [1.82, 2.24) is 0 Å². The molecule has 96 valence electrons. The third-order valence-electron chi connectivity index (χ3n) is 2.05. The summed E-state index contributed by atoms with van der Waals surface area (Å²) in [6.07, 6.45) is -5.79. The fraction of sp³-hybridized carbons (Fsp3) is 0.333. The zero-order valence-corrected chi connectivity index (χ0v) is 9.22. The summed E-state index contributed by atoms with van der Waals surface area (Å²) in [4.78, 5) is 0. The quantitative estimate of drug-likeness (QED) is 0.569. The van der Waals surface area contributed by atoms with Gasteiger partial charge in [-0.25, -0.2) is 8.78 Å². The molecule has 0 saturated carbocycles. The van der Waals surface area contributed by atoms with Gasteiger partial charge in [-0.2, -0.15) is 22.0 Å². The average molecular weight is 278 g/mol. The molecule has 1 rings (SSSR count). The van der Waals surface area contributed by atoms with Gasteiger partial charge in [-0.05, 0) is 12.7 Å². The van der Waals surface area contributed by atoms with Crippen LogP contribution in [-0.4, -0.2) is 18.5 Å². The Morgan fingerprint density at radius 2 is 1.53 bits per heavy atom. The van der Waals surface area contributed by atoms with Crippen molar-refractivity contribution in [3.05, 3.63) is 29.8 Å². The van der Waals surface area contributed by atoms with E-state index in [-0.39, 0.29) is 0 Å². The van der Waals surface area contributed by atoms with Gasteiger partial charge in [-0.1, -0.05) is 12.1 Å². The maximum Gasteiger partial charge on any atom is 0.457 e. The molecule has 0 amide bonds. The van der Waals surface area contributed by atoms with Gasteiger partial charge in [-0.3, -0.25) is 0 Å². The highest BCUT2D eigenvalue weighted by Crippen LogP contribution is 2.57. The molecule has 0 radical (unpaired) electrons. The summed E-state index contributed by atoms with van der Waals surface area (Å²) in [6.45, 7) is 0.556. The lowest BCUT2D eigenvalue weighted by atomic mass is 10.3. The van der Waals surface area contributed by atoms with Gasteiger partial charge in [-0.15, -0.1) is 0 Å². The van der Waals surface area contributed by atoms with Crippen LogP contribution in [0.5, 0.6) is 0 Å². The fourth-order valence-corrected chi connectivity index (χ4v) is 2.49. The summed E-state index contributed by atoms with van der Waals surface area (Å²) in [5, 5.41) is -0.942. The molecular weight excluding hydrogens is 272 g/mol. The predicted octanol–water partition coefficient (Wildman–Crippen LogP) is 3.86. The molecule has 8 heteroatoms. The van der Waals surface area contributed by atoms with Gasteiger partial charge >= 0.3 is 11.8 Å². The molecule has 0 aliphatic heterocycles. The standard InChI is InChI=1S/C9H6F7P/c1-17(9(15,16)8(12,13)14)6-4-2-3-5(10)7(6)11/h2-4H,1H3. The van der Waals surface area contributed by atoms with Crippen molar-refractivity contribution in [1.29, 1.82) is 0 Å². The number of alkyl halides is 5. The van der Waals surface area contributed by atoms with Crippen LogP contribution in [0, 0.1) is 11.6 Å². The maximum atomic E-state index is 13.1. The van der Waals surface area contributed by atoms with Crippen molar-refractivity contribution in [2.45, 2.75) is 11.8 Å². The Labute approximate surface area is 93.2 Å². The monoisotopic (exact) mass is 278 g/mol. The third kappa shape index (κ3) is 2.54. The van der Waals surface area contributed by atoms with Crippen LogP contribution in [0.2, 0.25) is 0 Å². The largest absolute Gasteiger partial charge is 0.457 e. The lowest BCUT2D eigenvalue weighted by Crippen LogP contribution is -2.37. The zero-order chi connectivity index (χ0) is 13.4. The molecule has 0 aliphatic carbocycles. The van der Waals surface area contributed by atoms with Crippen LogP contribution >= 0.6 is 7.92 Å². The smallest absolute Gasteiger partial charge is 0.204 e. The molecule has 0 aliphatic rings. The van der Waals surface area contributed by atoms with Crippen molar-refractivity contribution in [3.8, 4) is 0 Å². The molecule has 0 saturated heterocycles. The Kier molecular flexibility index (Phi) is 3.72. The van der Waals surface area contributed by atoms with Crippen molar-refractivity contribution in [3.63, 3.8) is 0 Å². The van der Waals surface area contributed by atoms with Crippen molar-refractivity contribution in [2.24, 2.45) is 0 Å². The topological polar surface area (TPSA) is 0 Å². The summed E-state index contributed by atoms with van der Waals surface area (Å²) in [5.74, 6) is -3.11. The van der Waals surface area contributed by atoms with Gasteiger partial charge in [0.05, 0.1) is 0 Å². The molecule has 0 fully saturated rings. The van der Waals surface area contributed by atoms with E-state index in [1.165, 1.54) is 0 Å². The van der Waals surface area contributed by atoms with Crippen LogP contribution in [0.1, 0.15) is 0 Å². The minimum atomic E-state index is -5.79. The summed E-state index contributed by atoms with van der Waals surface area (Å²) in [5.41, 5.74) is -5.06. The van der Waals surface area contributed by atoms with Gasteiger partial charge in [0, 0.05) is 13.2 Å². The molecule has 0 nitrogen and oxygen atoms in total. The predicted molar refractivity (Wildman–Crippen MR) is 49.8 cm³/mol. The first-order valence-corrected chi connectivity index (χ1v) is 6.00. The summed E-state index contributed by atoms with van der Waals surface area (Å²) in [6, 6.07) is 2.26. The van der Waals surface area contributed by atoms with Crippen molar-refractivity contribution < 1.29 is 30.7 Å². The van der Waals surface area contributed by atoms with Gasteiger partial charge in [0.1, 0.15) is 0 Å². The Hall–Kier alpha value is -0.840. The number of benzene rings is 1. The van der Waals surface area contributed by atoms with Gasteiger partial charge in [0.15, 0.2) is 11.6 Å². The second kappa shape index (κ2) is 4.44. The van der Waals surface area contributed by atoms with E-state index in [4.69, 9.17) is 0 Å². The van der Waals surface area contributed by atoms with Crippen LogP contribution < -0.4 is 5.30 Å². The Morgan fingerprint density at radius 1 is 1.00 bits per heavy atom. The number of halogens is 7. The first-order chi connectivity index (χ1) is 7.59. The van der Waals surface area contributed by atoms with Crippen molar-refractivity contribution >= 4 is 13.2 Å². The van der Waals surface area contributed by atoms with Crippen LogP contribution in [0.4, 0.5) is 30.7 Å². The van der Waals surface area contributed by atoms with E-state index >= 15 is 0 Å². The third-order valence-corrected chi connectivity index (χ3v) is 4.22. The first kappa shape index (κ1) is 14.2. The highest BCUT2D eigenvalue weighted by molar-refractivity contribution is 7.66. The van der Waals surface area contributed by atoms with Crippen LogP contribution in [0.15, 0.2) is 18.2 Å². The molecule has 1 atom stereocenters. The first-order valence-electron chi connectivity index (χ1n) is 4.21. The zero-order valence-electron chi connectivity index (χ0n) is 8.33. The number of hydrogen-bond donors (Lipinski definition) is 0. The SMILES string of the molecule is CP(c1cccc(F)c1F)C(F)(F)C(F)(F)F. The van der Waals surface area contributed by atoms with E-state index in [0.717, 1.165) is 12.1 Å². The number of rotatable bonds is 2. The molecule has 0 heterocycles. The highest BCUT2D eigenvalue weighted by Gasteiger charge is 2.61. The van der Waals surface area contributed by atoms with E-state index in [1.807, 2.05) is 0 Å². The molecule has 1 aromatic rings. The molecule has 0 N–H and O–H groups in total. The molecule has 0 bridgehead atoms. The van der Waals surface area contributed by atoms with Gasteiger partial charge in [0.25, 0.3) is 0 Å². The average Bonchev–Trinajstić information content (AvgIpc) is 2.19. The van der Waals surface area contributed by atoms with E-state index < -0.39 is 36.7 Å². The molecule has 0 spiro atoms. The van der Waals surface area contributed by atoms with Gasteiger partial charge in [0.2, 0.25) is 0 Å². The molecule has 0 aromatic heterocycles. The van der Waals surface area contributed by atoms with E-state index in [2.05, 4.69) is 0 Å². The minimum absolute atomic E-state index is 0.556. The maximum absolute atomic E-state index is 13.1. The summed E-state index contributed by atoms with van der Waals surface area (Å²) in [7, 11) is -3.22. The minimum Gasteiger partial charge on any atom is -0.204 e. The molecular formula is C9H6F7P. The summed E-state index contributed by atoms with van der Waals surface area (Å²) >= 11 is 0.